The number of carbonyl (C=O) groups excluding carboxylic acids is 1. The first-order valence-corrected chi connectivity index (χ1v) is 8.86. The topological polar surface area (TPSA) is 46.5 Å². The molecule has 124 valence electrons. The van der Waals surface area contributed by atoms with E-state index in [1.807, 2.05) is 6.92 Å². The van der Waals surface area contributed by atoms with Crippen LogP contribution < -0.4 is 0 Å². The van der Waals surface area contributed by atoms with Crippen molar-refractivity contribution in [3.8, 4) is 0 Å². The van der Waals surface area contributed by atoms with Crippen molar-refractivity contribution in [1.29, 1.82) is 0 Å². The molecule has 0 aromatic heterocycles. The van der Waals surface area contributed by atoms with Gasteiger partial charge in [0.1, 0.15) is 0 Å². The first-order chi connectivity index (χ1) is 10.9. The normalized spacial score (nSPS) is 18.7. The molecule has 5 heteroatoms. The minimum absolute atomic E-state index is 0.0132. The number of hydrogen-bond donors (Lipinski definition) is 1. The maximum Gasteiger partial charge on any atom is 0.164 e. The van der Waals surface area contributed by atoms with E-state index in [1.54, 1.807) is 11.8 Å². The molecule has 1 aromatic rings. The second-order valence-corrected chi connectivity index (χ2v) is 7.47. The second-order valence-electron chi connectivity index (χ2n) is 5.83. The molecule has 1 unspecified atom stereocenters. The minimum atomic E-state index is -0.0555. The third-order valence-electron chi connectivity index (χ3n) is 3.77. The van der Waals surface area contributed by atoms with Gasteiger partial charge in [-0.1, -0.05) is 30.0 Å². The molecule has 2 rings (SSSR count). The molecule has 0 amide bonds. The van der Waals surface area contributed by atoms with E-state index >= 15 is 0 Å². The average Bonchev–Trinajstić information content (AvgIpc) is 2.46. The van der Waals surface area contributed by atoms with Gasteiger partial charge in [0.15, 0.2) is 5.78 Å². The van der Waals surface area contributed by atoms with Crippen LogP contribution in [0, 0.1) is 19.8 Å². The van der Waals surface area contributed by atoms with Crippen LogP contribution in [0.3, 0.4) is 0 Å². The quantitative estimate of drug-likeness (QED) is 0.627. The van der Waals surface area contributed by atoms with Crippen molar-refractivity contribution < 1.29 is 14.6 Å². The van der Waals surface area contributed by atoms with Gasteiger partial charge in [-0.25, -0.2) is 0 Å². The number of aliphatic hydroxyl groups is 1. The highest BCUT2D eigenvalue weighted by atomic mass is 32.2. The summed E-state index contributed by atoms with van der Waals surface area (Å²) in [4.78, 5) is 15.0. The molecule has 1 N–H and O–H groups in total. The van der Waals surface area contributed by atoms with Crippen molar-refractivity contribution in [3.63, 3.8) is 0 Å². The highest BCUT2D eigenvalue weighted by Gasteiger charge is 2.31. The largest absolute Gasteiger partial charge is 0.394 e. The lowest BCUT2D eigenvalue weighted by Crippen LogP contribution is -2.29. The fraction of sp³-hybridized carbons (Fsp3) is 0.444. The molecule has 1 aromatic carbocycles. The summed E-state index contributed by atoms with van der Waals surface area (Å²) < 4.78 is 5.50. The molecule has 0 fully saturated rings. The molecule has 0 bridgehead atoms. The van der Waals surface area contributed by atoms with Gasteiger partial charge in [0.25, 0.3) is 0 Å². The fourth-order valence-corrected chi connectivity index (χ4v) is 4.41. The van der Waals surface area contributed by atoms with Gasteiger partial charge in [-0.3, -0.25) is 4.79 Å². The number of carbonyl (C=O) groups is 1. The third kappa shape index (κ3) is 4.73. The summed E-state index contributed by atoms with van der Waals surface area (Å²) in [7, 11) is 0. The minimum Gasteiger partial charge on any atom is -0.394 e. The number of aliphatic hydroxyl groups excluding tert-OH is 1. The van der Waals surface area contributed by atoms with Gasteiger partial charge in [0, 0.05) is 32.6 Å². The maximum atomic E-state index is 12.2. The van der Waals surface area contributed by atoms with E-state index in [2.05, 4.69) is 32.0 Å². The predicted octanol–water partition coefficient (Wildman–Crippen LogP) is 3.64. The Labute approximate surface area is 147 Å². The van der Waals surface area contributed by atoms with E-state index < -0.39 is 0 Å². The molecule has 3 nitrogen and oxygen atoms in total. The highest BCUT2D eigenvalue weighted by molar-refractivity contribution is 8.03. The van der Waals surface area contributed by atoms with Gasteiger partial charge in [0.2, 0.25) is 0 Å². The molecule has 0 radical (unpaired) electrons. The summed E-state index contributed by atoms with van der Waals surface area (Å²) in [6.07, 6.45) is 0.311. The zero-order valence-corrected chi connectivity index (χ0v) is 15.4. The number of aryl methyl sites for hydroxylation is 2. The van der Waals surface area contributed by atoms with Crippen molar-refractivity contribution in [2.24, 2.45) is 5.92 Å². The van der Waals surface area contributed by atoms with Crippen molar-refractivity contribution in [2.75, 3.05) is 19.8 Å². The second kappa shape index (κ2) is 8.20. The summed E-state index contributed by atoms with van der Waals surface area (Å²) in [5, 5.41) is 8.89. The van der Waals surface area contributed by atoms with Gasteiger partial charge >= 0.3 is 0 Å². The zero-order chi connectivity index (χ0) is 17.0. The lowest BCUT2D eigenvalue weighted by atomic mass is 9.90. The molecule has 0 heterocycles. The van der Waals surface area contributed by atoms with Crippen LogP contribution in [0.25, 0.3) is 0 Å². The monoisotopic (exact) mass is 350 g/mol. The van der Waals surface area contributed by atoms with Crippen molar-refractivity contribution >= 4 is 34.6 Å². The fourth-order valence-electron chi connectivity index (χ4n) is 2.66. The molecule has 0 aliphatic heterocycles. The number of thioether (sulfide) groups is 1. The average molecular weight is 351 g/mol. The van der Waals surface area contributed by atoms with Crippen LogP contribution in [0.1, 0.15) is 24.5 Å². The predicted molar refractivity (Wildman–Crippen MR) is 98.1 cm³/mol. The number of hydrogen-bond acceptors (Lipinski definition) is 5. The van der Waals surface area contributed by atoms with Crippen LogP contribution in [0.15, 0.2) is 33.6 Å². The Hall–Kier alpha value is -1.01. The molecule has 1 aliphatic rings. The number of allylic oxidation sites excluding steroid dienone is 1. The lowest BCUT2D eigenvalue weighted by molar-refractivity contribution is -0.114. The van der Waals surface area contributed by atoms with Crippen molar-refractivity contribution in [1.82, 2.24) is 0 Å². The van der Waals surface area contributed by atoms with Gasteiger partial charge in [-0.2, -0.15) is 0 Å². The van der Waals surface area contributed by atoms with Gasteiger partial charge in [0.05, 0.1) is 19.8 Å². The summed E-state index contributed by atoms with van der Waals surface area (Å²) in [6, 6.07) is 6.36. The Bertz CT molecular complexity index is 629. The van der Waals surface area contributed by atoms with Gasteiger partial charge in [-0.15, -0.1) is 0 Å². The van der Waals surface area contributed by atoms with E-state index in [-0.39, 0.29) is 24.9 Å². The Morgan fingerprint density at radius 2 is 1.91 bits per heavy atom. The number of rotatable bonds is 6. The molecule has 23 heavy (non-hydrogen) atoms. The number of thiocarbonyl (C=S) groups is 1. The Balaban J connectivity index is 2.30. The van der Waals surface area contributed by atoms with E-state index in [0.29, 0.717) is 13.0 Å². The summed E-state index contributed by atoms with van der Waals surface area (Å²) in [6.45, 7) is 6.69. The van der Waals surface area contributed by atoms with Crippen LogP contribution in [-0.2, 0) is 9.53 Å². The maximum absolute atomic E-state index is 12.2. The molecular weight excluding hydrogens is 328 g/mol. The summed E-state index contributed by atoms with van der Waals surface area (Å²) in [5.74, 6) is 0.0420. The van der Waals surface area contributed by atoms with Crippen LogP contribution in [-0.4, -0.2) is 35.6 Å². The first-order valence-electron chi connectivity index (χ1n) is 7.63. The SMILES string of the molecule is CC1=C(Sc2cc(C)cc(C)c2)C(COCCO)C(=S)CC1=O. The smallest absolute Gasteiger partial charge is 0.164 e. The van der Waals surface area contributed by atoms with Crippen LogP contribution in [0.5, 0.6) is 0 Å². The number of Topliss-reactive ketones (excluding diaryl/α,β-unsaturated/α-hetero) is 1. The molecule has 0 saturated carbocycles. The third-order valence-corrected chi connectivity index (χ3v) is 5.48. The highest BCUT2D eigenvalue weighted by Crippen LogP contribution is 2.39. The molecule has 1 aliphatic carbocycles. The van der Waals surface area contributed by atoms with Crippen LogP contribution in [0.4, 0.5) is 0 Å². The van der Waals surface area contributed by atoms with E-state index in [1.165, 1.54) is 11.1 Å². The molecule has 0 spiro atoms. The van der Waals surface area contributed by atoms with E-state index in [4.69, 9.17) is 22.1 Å². The number of benzene rings is 1. The Kier molecular flexibility index (Phi) is 6.53. The summed E-state index contributed by atoms with van der Waals surface area (Å²) >= 11 is 7.04. The van der Waals surface area contributed by atoms with E-state index in [0.717, 1.165) is 20.2 Å². The van der Waals surface area contributed by atoms with Gasteiger partial charge in [-0.05, 0) is 44.0 Å². The van der Waals surface area contributed by atoms with Crippen LogP contribution in [0.2, 0.25) is 0 Å². The molecule has 1 atom stereocenters. The first kappa shape index (κ1) is 18.3. The standard InChI is InChI=1S/C18H22O3S2/c1-11-6-12(2)8-14(7-11)23-18-13(3)16(20)9-17(22)15(18)10-21-5-4-19/h6-8,15,19H,4-5,9-10H2,1-3H3. The van der Waals surface area contributed by atoms with Crippen molar-refractivity contribution in [2.45, 2.75) is 32.1 Å². The van der Waals surface area contributed by atoms with E-state index in [9.17, 15) is 4.79 Å². The Morgan fingerprint density at radius 3 is 2.52 bits per heavy atom. The molecular formula is C18H22O3S2. The van der Waals surface area contributed by atoms with Crippen LogP contribution >= 0.6 is 24.0 Å². The number of ketones is 1. The summed E-state index contributed by atoms with van der Waals surface area (Å²) in [5.41, 5.74) is 3.17. The van der Waals surface area contributed by atoms with Crippen molar-refractivity contribution in [3.05, 3.63) is 39.8 Å². The number of ether oxygens (including phenoxy) is 1. The lowest BCUT2D eigenvalue weighted by Gasteiger charge is -2.27. The van der Waals surface area contributed by atoms with Gasteiger partial charge < -0.3 is 9.84 Å². The zero-order valence-electron chi connectivity index (χ0n) is 13.7. The Morgan fingerprint density at radius 1 is 1.26 bits per heavy atom. The molecule has 0 saturated heterocycles.